The van der Waals surface area contributed by atoms with Crippen molar-refractivity contribution in [2.24, 2.45) is 0 Å². The lowest BCUT2D eigenvalue weighted by molar-refractivity contribution is -0.383. The summed E-state index contributed by atoms with van der Waals surface area (Å²) in [5, 5.41) is 16.6. The lowest BCUT2D eigenvalue weighted by Gasteiger charge is -2.09. The van der Waals surface area contributed by atoms with Crippen LogP contribution in [0.4, 0.5) is 17.3 Å². The van der Waals surface area contributed by atoms with Crippen molar-refractivity contribution in [1.82, 2.24) is 9.97 Å². The molecule has 10 heteroatoms. The van der Waals surface area contributed by atoms with Crippen molar-refractivity contribution < 1.29 is 13.3 Å². The van der Waals surface area contributed by atoms with E-state index in [1.54, 1.807) is 0 Å². The second-order valence-corrected chi connectivity index (χ2v) is 6.42. The van der Waals surface area contributed by atoms with E-state index in [2.05, 4.69) is 20.6 Å². The third-order valence-electron chi connectivity index (χ3n) is 2.31. The first kappa shape index (κ1) is 16.1. The average Bonchev–Trinajstić information content (AvgIpc) is 2.34. The van der Waals surface area contributed by atoms with Crippen LogP contribution in [0.1, 0.15) is 13.3 Å². The molecule has 1 aromatic heterocycles. The van der Waals surface area contributed by atoms with Gasteiger partial charge in [-0.25, -0.2) is 18.4 Å². The number of nitrogens with zero attached hydrogens (tertiary/aromatic N) is 3. The molecule has 0 bridgehead atoms. The summed E-state index contributed by atoms with van der Waals surface area (Å²) in [6.07, 6.45) is 3.07. The Morgan fingerprint density at radius 3 is 2.25 bits per heavy atom. The SMILES string of the molecule is CCCNc1ncnc(NCCS(C)(=O)=O)c1[N+](=O)[O-]. The first-order chi connectivity index (χ1) is 9.35. The van der Waals surface area contributed by atoms with Crippen molar-refractivity contribution in [2.75, 3.05) is 35.7 Å². The highest BCUT2D eigenvalue weighted by atomic mass is 32.2. The second kappa shape index (κ2) is 6.98. The number of hydrogen-bond donors (Lipinski definition) is 2. The lowest BCUT2D eigenvalue weighted by Crippen LogP contribution is -2.16. The van der Waals surface area contributed by atoms with E-state index in [9.17, 15) is 18.5 Å². The van der Waals surface area contributed by atoms with Crippen LogP contribution in [0.25, 0.3) is 0 Å². The largest absolute Gasteiger partial charge is 0.364 e. The Bertz CT molecular complexity index is 575. The molecule has 0 atom stereocenters. The van der Waals surface area contributed by atoms with Gasteiger partial charge in [-0.3, -0.25) is 10.1 Å². The summed E-state index contributed by atoms with van der Waals surface area (Å²) < 4.78 is 22.1. The number of nitrogens with one attached hydrogen (secondary N) is 2. The molecule has 0 fully saturated rings. The highest BCUT2D eigenvalue weighted by Crippen LogP contribution is 2.28. The van der Waals surface area contributed by atoms with Gasteiger partial charge < -0.3 is 10.6 Å². The zero-order valence-electron chi connectivity index (χ0n) is 11.3. The highest BCUT2D eigenvalue weighted by molar-refractivity contribution is 7.90. The van der Waals surface area contributed by atoms with Gasteiger partial charge >= 0.3 is 5.69 Å². The quantitative estimate of drug-likeness (QED) is 0.529. The fraction of sp³-hybridized carbons (Fsp3) is 0.600. The van der Waals surface area contributed by atoms with Crippen LogP contribution in [0.2, 0.25) is 0 Å². The normalized spacial score (nSPS) is 11.1. The van der Waals surface area contributed by atoms with Crippen LogP contribution in [-0.4, -0.2) is 48.4 Å². The Balaban J connectivity index is 2.91. The molecule has 0 aliphatic rings. The number of anilines is 2. The zero-order chi connectivity index (χ0) is 15.2. The molecule has 1 aromatic rings. The second-order valence-electron chi connectivity index (χ2n) is 4.16. The van der Waals surface area contributed by atoms with Crippen molar-refractivity contribution in [3.05, 3.63) is 16.4 Å². The topological polar surface area (TPSA) is 127 Å². The Labute approximate surface area is 116 Å². The molecule has 112 valence electrons. The molecule has 0 amide bonds. The summed E-state index contributed by atoms with van der Waals surface area (Å²) in [6, 6.07) is 0. The van der Waals surface area contributed by atoms with E-state index in [-0.39, 0.29) is 29.6 Å². The van der Waals surface area contributed by atoms with E-state index in [1.165, 1.54) is 6.33 Å². The molecule has 0 aliphatic heterocycles. The lowest BCUT2D eigenvalue weighted by atomic mass is 10.4. The van der Waals surface area contributed by atoms with E-state index in [0.717, 1.165) is 12.7 Å². The number of hydrogen-bond acceptors (Lipinski definition) is 8. The van der Waals surface area contributed by atoms with Crippen molar-refractivity contribution in [3.63, 3.8) is 0 Å². The summed E-state index contributed by atoms with van der Waals surface area (Å²) >= 11 is 0. The summed E-state index contributed by atoms with van der Waals surface area (Å²) in [7, 11) is -3.14. The molecule has 0 saturated heterocycles. The standard InChI is InChI=1S/C10H17N5O4S/c1-3-4-11-9-8(15(16)17)10(14-7-13-9)12-5-6-20(2,18)19/h7H,3-6H2,1-2H3,(H2,11,12,13,14). The van der Waals surface area contributed by atoms with Crippen molar-refractivity contribution >= 4 is 27.2 Å². The van der Waals surface area contributed by atoms with E-state index in [1.807, 2.05) is 6.92 Å². The minimum atomic E-state index is -3.14. The minimum Gasteiger partial charge on any atom is -0.364 e. The maximum absolute atomic E-state index is 11.1. The molecule has 0 spiro atoms. The van der Waals surface area contributed by atoms with E-state index in [0.29, 0.717) is 6.54 Å². The van der Waals surface area contributed by atoms with E-state index < -0.39 is 14.8 Å². The summed E-state index contributed by atoms with van der Waals surface area (Å²) in [5.74, 6) is -0.00717. The molecule has 2 N–H and O–H groups in total. The first-order valence-corrected chi connectivity index (χ1v) is 8.06. The Morgan fingerprint density at radius 1 is 1.25 bits per heavy atom. The summed E-state index contributed by atoms with van der Waals surface area (Å²) in [6.45, 7) is 2.51. The van der Waals surface area contributed by atoms with Gasteiger partial charge in [0.05, 0.1) is 10.7 Å². The maximum atomic E-state index is 11.1. The Kier molecular flexibility index (Phi) is 5.62. The molecule has 1 heterocycles. The van der Waals surface area contributed by atoms with Crippen molar-refractivity contribution in [1.29, 1.82) is 0 Å². The fourth-order valence-electron chi connectivity index (χ4n) is 1.41. The number of sulfone groups is 1. The van der Waals surface area contributed by atoms with Crippen LogP contribution in [-0.2, 0) is 9.84 Å². The van der Waals surface area contributed by atoms with Crippen LogP contribution >= 0.6 is 0 Å². The van der Waals surface area contributed by atoms with Gasteiger partial charge in [0.25, 0.3) is 0 Å². The number of aromatic nitrogens is 2. The van der Waals surface area contributed by atoms with Gasteiger partial charge in [0.2, 0.25) is 11.6 Å². The molecule has 0 aliphatic carbocycles. The maximum Gasteiger partial charge on any atom is 0.353 e. The van der Waals surface area contributed by atoms with Gasteiger partial charge in [0, 0.05) is 19.3 Å². The summed E-state index contributed by atoms with van der Waals surface area (Å²) in [5.41, 5.74) is -0.283. The zero-order valence-corrected chi connectivity index (χ0v) is 12.1. The molecule has 0 unspecified atom stereocenters. The minimum absolute atomic E-state index is 0.00672. The first-order valence-electron chi connectivity index (χ1n) is 6.00. The Hall–Kier alpha value is -1.97. The molecule has 1 rings (SSSR count). The summed E-state index contributed by atoms with van der Waals surface area (Å²) in [4.78, 5) is 18.1. The molecular weight excluding hydrogens is 286 g/mol. The third-order valence-corrected chi connectivity index (χ3v) is 3.26. The molecule has 20 heavy (non-hydrogen) atoms. The smallest absolute Gasteiger partial charge is 0.353 e. The molecule has 0 radical (unpaired) electrons. The van der Waals surface area contributed by atoms with Crippen molar-refractivity contribution in [3.8, 4) is 0 Å². The van der Waals surface area contributed by atoms with E-state index >= 15 is 0 Å². The number of nitro groups is 1. The van der Waals surface area contributed by atoms with Crippen LogP contribution < -0.4 is 10.6 Å². The average molecular weight is 303 g/mol. The predicted octanol–water partition coefficient (Wildman–Crippen LogP) is 0.663. The van der Waals surface area contributed by atoms with Gasteiger partial charge in [-0.15, -0.1) is 0 Å². The molecular formula is C10H17N5O4S. The number of rotatable bonds is 8. The predicted molar refractivity (Wildman–Crippen MR) is 75.7 cm³/mol. The van der Waals surface area contributed by atoms with Gasteiger partial charge in [-0.2, -0.15) is 0 Å². The Morgan fingerprint density at radius 2 is 1.80 bits per heavy atom. The third kappa shape index (κ3) is 4.96. The van der Waals surface area contributed by atoms with Gasteiger partial charge in [0.15, 0.2) is 0 Å². The molecule has 0 saturated carbocycles. The molecule has 0 aromatic carbocycles. The van der Waals surface area contributed by atoms with Crippen LogP contribution in [0.15, 0.2) is 6.33 Å². The van der Waals surface area contributed by atoms with Crippen LogP contribution in [0.5, 0.6) is 0 Å². The van der Waals surface area contributed by atoms with Gasteiger partial charge in [-0.1, -0.05) is 6.92 Å². The van der Waals surface area contributed by atoms with Crippen molar-refractivity contribution in [2.45, 2.75) is 13.3 Å². The van der Waals surface area contributed by atoms with Crippen LogP contribution in [0.3, 0.4) is 0 Å². The van der Waals surface area contributed by atoms with Gasteiger partial charge in [0.1, 0.15) is 16.2 Å². The van der Waals surface area contributed by atoms with Gasteiger partial charge in [-0.05, 0) is 6.42 Å². The van der Waals surface area contributed by atoms with Crippen LogP contribution in [0, 0.1) is 10.1 Å². The fourth-order valence-corrected chi connectivity index (χ4v) is 1.88. The monoisotopic (exact) mass is 303 g/mol. The highest BCUT2D eigenvalue weighted by Gasteiger charge is 2.22. The van der Waals surface area contributed by atoms with E-state index in [4.69, 9.17) is 0 Å². The molecule has 9 nitrogen and oxygen atoms in total.